The van der Waals surface area contributed by atoms with Crippen molar-refractivity contribution in [3.63, 3.8) is 0 Å². The Morgan fingerprint density at radius 1 is 1.31 bits per heavy atom. The molecule has 2 aromatic rings. The molecule has 172 valence electrons. The number of hydrogen-bond acceptors (Lipinski definition) is 6. The van der Waals surface area contributed by atoms with Crippen molar-refractivity contribution in [2.75, 3.05) is 38.6 Å². The number of benzene rings is 2. The van der Waals surface area contributed by atoms with Crippen LogP contribution in [0.1, 0.15) is 23.7 Å². The van der Waals surface area contributed by atoms with Crippen LogP contribution in [0.2, 0.25) is 5.02 Å². The van der Waals surface area contributed by atoms with E-state index >= 15 is 0 Å². The Morgan fingerprint density at radius 3 is 2.84 bits per heavy atom. The van der Waals surface area contributed by atoms with E-state index in [1.54, 1.807) is 18.2 Å². The highest BCUT2D eigenvalue weighted by Gasteiger charge is 2.38. The molecule has 2 heterocycles. The maximum Gasteiger partial charge on any atom is 0.255 e. The lowest BCUT2D eigenvalue weighted by atomic mass is 10.1. The third-order valence-electron chi connectivity index (χ3n) is 5.70. The number of anilines is 1. The summed E-state index contributed by atoms with van der Waals surface area (Å²) in [5.74, 6) is 0.485. The number of rotatable bonds is 7. The fourth-order valence-electron chi connectivity index (χ4n) is 4.13. The van der Waals surface area contributed by atoms with Crippen LogP contribution in [-0.4, -0.2) is 61.9 Å². The highest BCUT2D eigenvalue weighted by atomic mass is 35.5. The fourth-order valence-corrected chi connectivity index (χ4v) is 4.30. The Labute approximate surface area is 191 Å². The normalized spacial score (nSPS) is 22.9. The lowest BCUT2D eigenvalue weighted by Gasteiger charge is -2.34. The van der Waals surface area contributed by atoms with Gasteiger partial charge in [0.2, 0.25) is 0 Å². The number of halogens is 2. The topological polar surface area (TPSA) is 86.0 Å². The summed E-state index contributed by atoms with van der Waals surface area (Å²) in [5, 5.41) is 3.22. The molecule has 4 rings (SSSR count). The predicted octanol–water partition coefficient (Wildman–Crippen LogP) is 3.11. The third kappa shape index (κ3) is 5.26. The third-order valence-corrected chi connectivity index (χ3v) is 6.03. The van der Waals surface area contributed by atoms with Gasteiger partial charge in [-0.3, -0.25) is 9.69 Å². The SMILES string of the molecule is CCOc1cc(N)c(Cl)cc1C(=O)NC[C@H]1CN2C[C@H](Oc3ccc(F)cc3)C[C@@H]2CO1. The Bertz CT molecular complexity index is 959. The molecule has 0 saturated carbocycles. The summed E-state index contributed by atoms with van der Waals surface area (Å²) in [5.41, 5.74) is 6.53. The largest absolute Gasteiger partial charge is 0.493 e. The number of nitrogens with two attached hydrogens (primary N) is 1. The summed E-state index contributed by atoms with van der Waals surface area (Å²) in [6, 6.07) is 9.42. The number of hydrogen-bond donors (Lipinski definition) is 2. The van der Waals surface area contributed by atoms with E-state index in [4.69, 9.17) is 31.5 Å². The molecule has 2 fully saturated rings. The van der Waals surface area contributed by atoms with Crippen LogP contribution in [0, 0.1) is 5.82 Å². The van der Waals surface area contributed by atoms with Crippen LogP contribution in [0.15, 0.2) is 36.4 Å². The van der Waals surface area contributed by atoms with Crippen molar-refractivity contribution >= 4 is 23.2 Å². The van der Waals surface area contributed by atoms with E-state index in [1.165, 1.54) is 18.2 Å². The molecule has 9 heteroatoms. The van der Waals surface area contributed by atoms with Crippen LogP contribution < -0.4 is 20.5 Å². The van der Waals surface area contributed by atoms with Crippen LogP contribution in [-0.2, 0) is 4.74 Å². The van der Waals surface area contributed by atoms with Gasteiger partial charge in [0.25, 0.3) is 5.91 Å². The lowest BCUT2D eigenvalue weighted by molar-refractivity contribution is -0.0463. The molecule has 0 bridgehead atoms. The first-order valence-corrected chi connectivity index (χ1v) is 11.1. The standard InChI is InChI=1S/C23H27ClFN3O4/c1-2-30-22-9-21(26)20(24)8-19(22)23(29)27-10-18-12-28-11-17(7-15(28)13-31-18)32-16-5-3-14(25)4-6-16/h3-6,8-9,15,17-18H,2,7,10-13,26H2,1H3,(H,27,29)/t15-,17-,18+/m1/s1. The van der Waals surface area contributed by atoms with Gasteiger partial charge >= 0.3 is 0 Å². The molecule has 0 aliphatic carbocycles. The molecular weight excluding hydrogens is 437 g/mol. The Hall–Kier alpha value is -2.55. The van der Waals surface area contributed by atoms with Gasteiger partial charge in [-0.2, -0.15) is 0 Å². The lowest BCUT2D eigenvalue weighted by Crippen LogP contribution is -2.50. The first-order chi connectivity index (χ1) is 15.4. The van der Waals surface area contributed by atoms with Crippen molar-refractivity contribution in [2.24, 2.45) is 0 Å². The van der Waals surface area contributed by atoms with Crippen LogP contribution in [0.4, 0.5) is 10.1 Å². The Morgan fingerprint density at radius 2 is 2.09 bits per heavy atom. The van der Waals surface area contributed by atoms with Crippen molar-refractivity contribution in [3.05, 3.63) is 52.8 Å². The minimum Gasteiger partial charge on any atom is -0.493 e. The molecule has 2 aliphatic rings. The zero-order valence-electron chi connectivity index (χ0n) is 17.9. The number of nitrogens with one attached hydrogen (secondary N) is 1. The zero-order valence-corrected chi connectivity index (χ0v) is 18.6. The fraction of sp³-hybridized carbons (Fsp3) is 0.435. The summed E-state index contributed by atoms with van der Waals surface area (Å²) in [4.78, 5) is 15.1. The van der Waals surface area contributed by atoms with Crippen molar-refractivity contribution < 1.29 is 23.4 Å². The van der Waals surface area contributed by atoms with E-state index in [9.17, 15) is 9.18 Å². The van der Waals surface area contributed by atoms with Crippen LogP contribution in [0.25, 0.3) is 0 Å². The van der Waals surface area contributed by atoms with Crippen molar-refractivity contribution in [3.8, 4) is 11.5 Å². The molecular formula is C23H27ClFN3O4. The van der Waals surface area contributed by atoms with E-state index < -0.39 is 0 Å². The average Bonchev–Trinajstić information content (AvgIpc) is 3.17. The first-order valence-electron chi connectivity index (χ1n) is 10.7. The van der Waals surface area contributed by atoms with Gasteiger partial charge in [-0.05, 0) is 37.3 Å². The number of fused-ring (bicyclic) bond motifs is 1. The van der Waals surface area contributed by atoms with Crippen LogP contribution in [0.3, 0.4) is 0 Å². The highest BCUT2D eigenvalue weighted by Crippen LogP contribution is 2.30. The molecule has 1 amide bonds. The molecule has 2 aliphatic heterocycles. The van der Waals surface area contributed by atoms with E-state index in [1.807, 2.05) is 6.92 Å². The molecule has 2 saturated heterocycles. The number of nitrogen functional groups attached to an aromatic ring is 1. The molecule has 0 radical (unpaired) electrons. The first kappa shape index (κ1) is 22.6. The van der Waals surface area contributed by atoms with Gasteiger partial charge in [0.05, 0.1) is 35.6 Å². The average molecular weight is 464 g/mol. The van der Waals surface area contributed by atoms with Gasteiger partial charge in [0.1, 0.15) is 23.4 Å². The molecule has 0 aromatic heterocycles. The van der Waals surface area contributed by atoms with E-state index in [-0.39, 0.29) is 30.0 Å². The van der Waals surface area contributed by atoms with Gasteiger partial charge in [0, 0.05) is 38.2 Å². The second-order valence-corrected chi connectivity index (χ2v) is 8.41. The number of amides is 1. The number of morpholine rings is 1. The van der Waals surface area contributed by atoms with Crippen molar-refractivity contribution in [2.45, 2.75) is 31.6 Å². The molecule has 0 unspecified atom stereocenters. The zero-order chi connectivity index (χ0) is 22.7. The van der Waals surface area contributed by atoms with Crippen molar-refractivity contribution in [1.29, 1.82) is 0 Å². The van der Waals surface area contributed by atoms with E-state index in [0.717, 1.165) is 13.0 Å². The summed E-state index contributed by atoms with van der Waals surface area (Å²) in [6.45, 7) is 4.63. The molecule has 7 nitrogen and oxygen atoms in total. The number of carbonyl (C=O) groups excluding carboxylic acids is 1. The Balaban J connectivity index is 1.30. The summed E-state index contributed by atoms with van der Waals surface area (Å²) >= 11 is 6.10. The van der Waals surface area contributed by atoms with Crippen LogP contribution >= 0.6 is 11.6 Å². The summed E-state index contributed by atoms with van der Waals surface area (Å²) < 4.78 is 30.6. The van der Waals surface area contributed by atoms with Crippen LogP contribution in [0.5, 0.6) is 11.5 Å². The van der Waals surface area contributed by atoms with Gasteiger partial charge in [-0.25, -0.2) is 4.39 Å². The minimum absolute atomic E-state index is 0.0214. The second-order valence-electron chi connectivity index (χ2n) is 8.01. The summed E-state index contributed by atoms with van der Waals surface area (Å²) in [6.07, 6.45) is 0.727. The smallest absolute Gasteiger partial charge is 0.255 e. The highest BCUT2D eigenvalue weighted by molar-refractivity contribution is 6.33. The van der Waals surface area contributed by atoms with Gasteiger partial charge in [0.15, 0.2) is 0 Å². The maximum absolute atomic E-state index is 13.1. The molecule has 2 aromatic carbocycles. The molecule has 0 spiro atoms. The van der Waals surface area contributed by atoms with Gasteiger partial charge in [-0.1, -0.05) is 11.6 Å². The van der Waals surface area contributed by atoms with Gasteiger partial charge in [-0.15, -0.1) is 0 Å². The van der Waals surface area contributed by atoms with Gasteiger partial charge < -0.3 is 25.3 Å². The van der Waals surface area contributed by atoms with Crippen molar-refractivity contribution in [1.82, 2.24) is 10.2 Å². The number of nitrogens with zero attached hydrogens (tertiary/aromatic N) is 1. The second kappa shape index (κ2) is 9.94. The monoisotopic (exact) mass is 463 g/mol. The Kier molecular flexibility index (Phi) is 7.03. The quantitative estimate of drug-likeness (QED) is 0.614. The molecule has 3 N–H and O–H groups in total. The number of ether oxygens (including phenoxy) is 3. The number of carbonyl (C=O) groups is 1. The maximum atomic E-state index is 13.1. The van der Waals surface area contributed by atoms with E-state index in [0.29, 0.717) is 54.1 Å². The van der Waals surface area contributed by atoms with E-state index in [2.05, 4.69) is 10.2 Å². The molecule has 3 atom stereocenters. The minimum atomic E-state index is -0.292. The predicted molar refractivity (Wildman–Crippen MR) is 120 cm³/mol. The summed E-state index contributed by atoms with van der Waals surface area (Å²) in [7, 11) is 0. The molecule has 32 heavy (non-hydrogen) atoms.